The lowest BCUT2D eigenvalue weighted by Crippen LogP contribution is -1.98. The van der Waals surface area contributed by atoms with Crippen molar-refractivity contribution in [2.45, 2.75) is 5.16 Å². The van der Waals surface area contributed by atoms with Crippen LogP contribution in [-0.4, -0.2) is 26.2 Å². The molecule has 0 bridgehead atoms. The maximum absolute atomic E-state index is 4.45. The lowest BCUT2D eigenvalue weighted by molar-refractivity contribution is 0.993. The predicted molar refractivity (Wildman–Crippen MR) is 76.6 cm³/mol. The summed E-state index contributed by atoms with van der Waals surface area (Å²) in [6, 6.07) is 9.86. The minimum atomic E-state index is 0.689. The van der Waals surface area contributed by atoms with Crippen molar-refractivity contribution < 1.29 is 0 Å². The summed E-state index contributed by atoms with van der Waals surface area (Å²) in [5.41, 5.74) is 2.42. The molecule has 0 atom stereocenters. The van der Waals surface area contributed by atoms with Gasteiger partial charge in [0, 0.05) is 5.69 Å². The van der Waals surface area contributed by atoms with Crippen molar-refractivity contribution in [3.63, 3.8) is 0 Å². The van der Waals surface area contributed by atoms with Crippen LogP contribution in [0.1, 0.15) is 0 Å². The summed E-state index contributed by atoms with van der Waals surface area (Å²) in [7, 11) is 0. The number of hydrogen-bond acceptors (Lipinski definition) is 6. The first-order valence-corrected chi connectivity index (χ1v) is 6.93. The molecule has 0 aliphatic heterocycles. The van der Waals surface area contributed by atoms with E-state index >= 15 is 0 Å². The van der Waals surface area contributed by atoms with Crippen molar-refractivity contribution in [1.82, 2.24) is 19.9 Å². The minimum absolute atomic E-state index is 0.689. The van der Waals surface area contributed by atoms with E-state index < -0.39 is 0 Å². The maximum Gasteiger partial charge on any atom is 0.188 e. The molecular weight excluding hydrogens is 258 g/mol. The van der Waals surface area contributed by atoms with E-state index in [1.807, 2.05) is 36.6 Å². The number of fused-ring (bicyclic) bond motifs is 1. The topological polar surface area (TPSA) is 63.6 Å². The van der Waals surface area contributed by atoms with E-state index in [0.717, 1.165) is 16.7 Å². The van der Waals surface area contributed by atoms with Gasteiger partial charge in [0.2, 0.25) is 0 Å². The summed E-state index contributed by atoms with van der Waals surface area (Å²) in [4.78, 5) is 17.1. The van der Waals surface area contributed by atoms with Gasteiger partial charge >= 0.3 is 0 Å². The first-order valence-electron chi connectivity index (χ1n) is 5.70. The van der Waals surface area contributed by atoms with Gasteiger partial charge in [0.15, 0.2) is 11.0 Å². The zero-order valence-electron chi connectivity index (χ0n) is 10.2. The lowest BCUT2D eigenvalue weighted by atomic mass is 10.3. The number of rotatable bonds is 3. The number of benzene rings is 1. The highest BCUT2D eigenvalue weighted by molar-refractivity contribution is 7.98. The molecule has 1 aromatic carbocycles. The Hall–Kier alpha value is -2.21. The monoisotopic (exact) mass is 269 g/mol. The van der Waals surface area contributed by atoms with Gasteiger partial charge in [0.1, 0.15) is 17.4 Å². The molecule has 94 valence electrons. The quantitative estimate of drug-likeness (QED) is 0.582. The van der Waals surface area contributed by atoms with Crippen LogP contribution in [0, 0.1) is 0 Å². The van der Waals surface area contributed by atoms with Crippen LogP contribution < -0.4 is 5.32 Å². The van der Waals surface area contributed by atoms with Crippen molar-refractivity contribution in [3.05, 3.63) is 42.9 Å². The molecular formula is C13H11N5S. The van der Waals surface area contributed by atoms with Gasteiger partial charge in [-0.25, -0.2) is 19.9 Å². The van der Waals surface area contributed by atoms with Gasteiger partial charge in [-0.3, -0.25) is 0 Å². The Morgan fingerprint density at radius 1 is 1.05 bits per heavy atom. The molecule has 0 radical (unpaired) electrons. The molecule has 0 spiro atoms. The van der Waals surface area contributed by atoms with Gasteiger partial charge in [-0.15, -0.1) is 0 Å². The fourth-order valence-corrected chi connectivity index (χ4v) is 2.03. The molecule has 0 aliphatic rings. The van der Waals surface area contributed by atoms with Gasteiger partial charge in [-0.2, -0.15) is 0 Å². The van der Waals surface area contributed by atoms with E-state index in [0.29, 0.717) is 11.0 Å². The third-order valence-electron chi connectivity index (χ3n) is 2.57. The fourth-order valence-electron chi connectivity index (χ4n) is 1.69. The van der Waals surface area contributed by atoms with Crippen LogP contribution in [0.3, 0.4) is 0 Å². The Balaban J connectivity index is 2.07. The Bertz CT molecular complexity index is 702. The first kappa shape index (κ1) is 11.9. The summed E-state index contributed by atoms with van der Waals surface area (Å²) >= 11 is 1.49. The van der Waals surface area contributed by atoms with Crippen LogP contribution in [0.5, 0.6) is 0 Å². The standard InChI is InChI=1S/C13H11N5S/c1-19-13-14-7-10-11(18-13)12(16-8-15-10)17-9-5-3-2-4-6-9/h2-8H,1H3,(H,15,16,17). The van der Waals surface area contributed by atoms with Crippen LogP contribution in [-0.2, 0) is 0 Å². The number of hydrogen-bond donors (Lipinski definition) is 1. The van der Waals surface area contributed by atoms with Gasteiger partial charge < -0.3 is 5.32 Å². The second-order valence-electron chi connectivity index (χ2n) is 3.80. The SMILES string of the molecule is CSc1ncc2ncnc(Nc3ccccc3)c2n1. The van der Waals surface area contributed by atoms with Gasteiger partial charge in [-0.05, 0) is 18.4 Å². The van der Waals surface area contributed by atoms with Crippen LogP contribution in [0.4, 0.5) is 11.5 Å². The molecule has 5 nitrogen and oxygen atoms in total. The second kappa shape index (κ2) is 5.19. The van der Waals surface area contributed by atoms with Crippen LogP contribution in [0.15, 0.2) is 48.0 Å². The summed E-state index contributed by atoms with van der Waals surface area (Å²) in [6.45, 7) is 0. The number of thioether (sulfide) groups is 1. The summed E-state index contributed by atoms with van der Waals surface area (Å²) in [6.07, 6.45) is 5.16. The van der Waals surface area contributed by atoms with Gasteiger partial charge in [0.05, 0.1) is 6.20 Å². The molecule has 0 aliphatic carbocycles. The van der Waals surface area contributed by atoms with Crippen molar-refractivity contribution in [2.75, 3.05) is 11.6 Å². The van der Waals surface area contributed by atoms with E-state index in [1.54, 1.807) is 6.20 Å². The third-order valence-corrected chi connectivity index (χ3v) is 3.14. The van der Waals surface area contributed by atoms with E-state index in [2.05, 4.69) is 25.3 Å². The number of nitrogens with zero attached hydrogens (tertiary/aromatic N) is 4. The summed E-state index contributed by atoms with van der Waals surface area (Å²) in [5.74, 6) is 0.689. The number of aromatic nitrogens is 4. The van der Waals surface area contributed by atoms with Crippen LogP contribution in [0.25, 0.3) is 11.0 Å². The van der Waals surface area contributed by atoms with Gasteiger partial charge in [-0.1, -0.05) is 30.0 Å². The largest absolute Gasteiger partial charge is 0.338 e. The Labute approximate surface area is 114 Å². The minimum Gasteiger partial charge on any atom is -0.338 e. The van der Waals surface area contributed by atoms with Crippen molar-refractivity contribution in [1.29, 1.82) is 0 Å². The normalized spacial score (nSPS) is 10.6. The molecule has 0 saturated heterocycles. The molecule has 0 saturated carbocycles. The molecule has 19 heavy (non-hydrogen) atoms. The molecule has 2 heterocycles. The predicted octanol–water partition coefficient (Wildman–Crippen LogP) is 2.89. The maximum atomic E-state index is 4.45. The number of nitrogens with one attached hydrogen (secondary N) is 1. The summed E-state index contributed by atoms with van der Waals surface area (Å²) < 4.78 is 0. The van der Waals surface area contributed by atoms with Gasteiger partial charge in [0.25, 0.3) is 0 Å². The second-order valence-corrected chi connectivity index (χ2v) is 4.58. The zero-order chi connectivity index (χ0) is 13.1. The van der Waals surface area contributed by atoms with E-state index in [-0.39, 0.29) is 0 Å². The molecule has 1 N–H and O–H groups in total. The molecule has 6 heteroatoms. The average Bonchev–Trinajstić information content (AvgIpc) is 2.48. The van der Waals surface area contributed by atoms with E-state index in [1.165, 1.54) is 18.1 Å². The fraction of sp³-hybridized carbons (Fsp3) is 0.0769. The Morgan fingerprint density at radius 2 is 1.89 bits per heavy atom. The van der Waals surface area contributed by atoms with E-state index in [4.69, 9.17) is 0 Å². The summed E-state index contributed by atoms with van der Waals surface area (Å²) in [5, 5.41) is 3.95. The Morgan fingerprint density at radius 3 is 2.68 bits per heavy atom. The van der Waals surface area contributed by atoms with Crippen molar-refractivity contribution in [3.8, 4) is 0 Å². The number of para-hydroxylation sites is 1. The van der Waals surface area contributed by atoms with Crippen LogP contribution >= 0.6 is 11.8 Å². The van der Waals surface area contributed by atoms with E-state index in [9.17, 15) is 0 Å². The van der Waals surface area contributed by atoms with Crippen molar-refractivity contribution >= 4 is 34.3 Å². The molecule has 0 fully saturated rings. The smallest absolute Gasteiger partial charge is 0.188 e. The zero-order valence-corrected chi connectivity index (χ0v) is 11.1. The van der Waals surface area contributed by atoms with Crippen LogP contribution in [0.2, 0.25) is 0 Å². The molecule has 2 aromatic heterocycles. The molecule has 0 unspecified atom stereocenters. The molecule has 0 amide bonds. The highest BCUT2D eigenvalue weighted by Crippen LogP contribution is 2.22. The first-order chi connectivity index (χ1) is 9.36. The average molecular weight is 269 g/mol. The highest BCUT2D eigenvalue weighted by Gasteiger charge is 2.07. The lowest BCUT2D eigenvalue weighted by Gasteiger charge is -2.07. The third kappa shape index (κ3) is 2.48. The highest BCUT2D eigenvalue weighted by atomic mass is 32.2. The molecule has 3 aromatic rings. The number of anilines is 2. The molecule has 3 rings (SSSR count). The van der Waals surface area contributed by atoms with Crippen molar-refractivity contribution in [2.24, 2.45) is 0 Å². The Kier molecular flexibility index (Phi) is 3.24.